The highest BCUT2D eigenvalue weighted by Gasteiger charge is 2.12. The van der Waals surface area contributed by atoms with E-state index in [9.17, 15) is 0 Å². The number of hydrogen-bond acceptors (Lipinski definition) is 4. The molecule has 0 amide bonds. The third-order valence-electron chi connectivity index (χ3n) is 3.34. The standard InChI is InChI=1S/C15H25NO3/c1-4-19-15-6-5-13(9-12(15)2)7-8-16(3)14(10-17)11-18/h5-6,9,14,17-18H,4,7-8,10-11H2,1-3H3. The van der Waals surface area contributed by atoms with Gasteiger partial charge < -0.3 is 14.9 Å². The van der Waals surface area contributed by atoms with Crippen LogP contribution in [0.25, 0.3) is 0 Å². The van der Waals surface area contributed by atoms with Crippen LogP contribution >= 0.6 is 0 Å². The zero-order valence-corrected chi connectivity index (χ0v) is 12.1. The fraction of sp³-hybridized carbons (Fsp3) is 0.600. The Bertz CT molecular complexity index is 378. The fourth-order valence-electron chi connectivity index (χ4n) is 2.01. The van der Waals surface area contributed by atoms with E-state index in [1.165, 1.54) is 5.56 Å². The molecular weight excluding hydrogens is 242 g/mol. The maximum atomic E-state index is 9.11. The van der Waals surface area contributed by atoms with Gasteiger partial charge in [-0.1, -0.05) is 12.1 Å². The van der Waals surface area contributed by atoms with Crippen molar-refractivity contribution in [2.45, 2.75) is 26.3 Å². The van der Waals surface area contributed by atoms with E-state index >= 15 is 0 Å². The molecule has 0 aliphatic rings. The number of hydrogen-bond donors (Lipinski definition) is 2. The molecule has 0 aliphatic heterocycles. The van der Waals surface area contributed by atoms with Crippen LogP contribution in [0.2, 0.25) is 0 Å². The van der Waals surface area contributed by atoms with Crippen molar-refractivity contribution >= 4 is 0 Å². The van der Waals surface area contributed by atoms with E-state index in [4.69, 9.17) is 14.9 Å². The van der Waals surface area contributed by atoms with E-state index in [1.807, 2.05) is 31.9 Å². The second kappa shape index (κ2) is 8.15. The minimum Gasteiger partial charge on any atom is -0.494 e. The highest BCUT2D eigenvalue weighted by Crippen LogP contribution is 2.19. The molecule has 0 aromatic heterocycles. The van der Waals surface area contributed by atoms with Gasteiger partial charge >= 0.3 is 0 Å². The van der Waals surface area contributed by atoms with Crippen LogP contribution in [0.15, 0.2) is 18.2 Å². The lowest BCUT2D eigenvalue weighted by Gasteiger charge is -2.24. The van der Waals surface area contributed by atoms with Crippen molar-refractivity contribution < 1.29 is 14.9 Å². The summed E-state index contributed by atoms with van der Waals surface area (Å²) in [5.74, 6) is 0.934. The van der Waals surface area contributed by atoms with Crippen LogP contribution in [0, 0.1) is 6.92 Å². The van der Waals surface area contributed by atoms with E-state index < -0.39 is 0 Å². The van der Waals surface area contributed by atoms with E-state index in [0.29, 0.717) is 6.61 Å². The average Bonchev–Trinajstić information content (AvgIpc) is 2.41. The highest BCUT2D eigenvalue weighted by molar-refractivity contribution is 5.36. The Morgan fingerprint density at radius 2 is 1.95 bits per heavy atom. The summed E-state index contributed by atoms with van der Waals surface area (Å²) in [6.45, 7) is 5.47. The van der Waals surface area contributed by atoms with Gasteiger partial charge in [-0.25, -0.2) is 0 Å². The van der Waals surface area contributed by atoms with Crippen LogP contribution in [-0.2, 0) is 6.42 Å². The van der Waals surface area contributed by atoms with Crippen LogP contribution in [-0.4, -0.2) is 54.6 Å². The van der Waals surface area contributed by atoms with Gasteiger partial charge in [0.05, 0.1) is 25.9 Å². The topological polar surface area (TPSA) is 52.9 Å². The second-order valence-corrected chi connectivity index (χ2v) is 4.78. The van der Waals surface area contributed by atoms with Crippen LogP contribution in [0.5, 0.6) is 5.75 Å². The summed E-state index contributed by atoms with van der Waals surface area (Å²) in [6, 6.07) is 6.03. The first-order valence-corrected chi connectivity index (χ1v) is 6.76. The molecule has 19 heavy (non-hydrogen) atoms. The molecule has 0 unspecified atom stereocenters. The SMILES string of the molecule is CCOc1ccc(CCN(C)C(CO)CO)cc1C. The molecule has 4 nitrogen and oxygen atoms in total. The molecule has 0 saturated carbocycles. The molecule has 0 atom stereocenters. The van der Waals surface area contributed by atoms with Crippen LogP contribution in [0.1, 0.15) is 18.1 Å². The van der Waals surface area contributed by atoms with E-state index in [0.717, 1.165) is 24.3 Å². The Morgan fingerprint density at radius 1 is 1.26 bits per heavy atom. The molecule has 0 radical (unpaired) electrons. The maximum Gasteiger partial charge on any atom is 0.122 e. The molecular formula is C15H25NO3. The zero-order valence-electron chi connectivity index (χ0n) is 12.1. The Kier molecular flexibility index (Phi) is 6.84. The quantitative estimate of drug-likeness (QED) is 0.743. The molecule has 0 bridgehead atoms. The zero-order chi connectivity index (χ0) is 14.3. The van der Waals surface area contributed by atoms with Gasteiger partial charge in [0.2, 0.25) is 0 Å². The Labute approximate surface area is 115 Å². The summed E-state index contributed by atoms with van der Waals surface area (Å²) in [5.41, 5.74) is 2.38. The van der Waals surface area contributed by atoms with Crippen LogP contribution in [0.3, 0.4) is 0 Å². The summed E-state index contributed by atoms with van der Waals surface area (Å²) < 4.78 is 5.51. The molecule has 0 aliphatic carbocycles. The van der Waals surface area contributed by atoms with Crippen molar-refractivity contribution in [3.05, 3.63) is 29.3 Å². The number of aliphatic hydroxyl groups is 2. The van der Waals surface area contributed by atoms with Gasteiger partial charge in [0.25, 0.3) is 0 Å². The van der Waals surface area contributed by atoms with Gasteiger partial charge in [0, 0.05) is 6.54 Å². The number of aliphatic hydroxyl groups excluding tert-OH is 2. The van der Waals surface area contributed by atoms with Crippen molar-refractivity contribution in [3.8, 4) is 5.75 Å². The van der Waals surface area contributed by atoms with Crippen LogP contribution in [0.4, 0.5) is 0 Å². The molecule has 4 heteroatoms. The molecule has 1 aromatic carbocycles. The summed E-state index contributed by atoms with van der Waals surface area (Å²) >= 11 is 0. The Balaban J connectivity index is 2.56. The molecule has 0 fully saturated rings. The van der Waals surface area contributed by atoms with Gasteiger partial charge in [0.1, 0.15) is 5.75 Å². The number of likely N-dealkylation sites (N-methyl/N-ethyl adjacent to an activating group) is 1. The molecule has 108 valence electrons. The van der Waals surface area contributed by atoms with Crippen molar-refractivity contribution in [1.82, 2.24) is 4.90 Å². The number of nitrogens with zero attached hydrogens (tertiary/aromatic N) is 1. The summed E-state index contributed by atoms with van der Waals surface area (Å²) in [5, 5.41) is 18.2. The van der Waals surface area contributed by atoms with Crippen molar-refractivity contribution in [3.63, 3.8) is 0 Å². The van der Waals surface area contributed by atoms with Gasteiger partial charge in [-0.3, -0.25) is 4.90 Å². The molecule has 0 spiro atoms. The third-order valence-corrected chi connectivity index (χ3v) is 3.34. The lowest BCUT2D eigenvalue weighted by atomic mass is 10.1. The lowest BCUT2D eigenvalue weighted by Crippen LogP contribution is -2.38. The second-order valence-electron chi connectivity index (χ2n) is 4.78. The smallest absolute Gasteiger partial charge is 0.122 e. The van der Waals surface area contributed by atoms with E-state index in [2.05, 4.69) is 12.1 Å². The van der Waals surface area contributed by atoms with Gasteiger partial charge in [-0.05, 0) is 44.5 Å². The average molecular weight is 267 g/mol. The first-order valence-electron chi connectivity index (χ1n) is 6.76. The van der Waals surface area contributed by atoms with Gasteiger partial charge in [-0.2, -0.15) is 0 Å². The maximum absolute atomic E-state index is 9.11. The summed E-state index contributed by atoms with van der Waals surface area (Å²) in [6.07, 6.45) is 0.889. The molecule has 2 N–H and O–H groups in total. The van der Waals surface area contributed by atoms with E-state index in [-0.39, 0.29) is 19.3 Å². The monoisotopic (exact) mass is 267 g/mol. The van der Waals surface area contributed by atoms with Gasteiger partial charge in [-0.15, -0.1) is 0 Å². The summed E-state index contributed by atoms with van der Waals surface area (Å²) in [7, 11) is 1.92. The molecule has 0 heterocycles. The third kappa shape index (κ3) is 4.82. The number of rotatable bonds is 8. The highest BCUT2D eigenvalue weighted by atomic mass is 16.5. The number of benzene rings is 1. The summed E-state index contributed by atoms with van der Waals surface area (Å²) in [4.78, 5) is 1.98. The predicted octanol–water partition coefficient (Wildman–Crippen LogP) is 1.22. The molecule has 1 rings (SSSR count). The van der Waals surface area contributed by atoms with E-state index in [1.54, 1.807) is 0 Å². The minimum absolute atomic E-state index is 0.0185. The first kappa shape index (κ1) is 16.0. The minimum atomic E-state index is -0.177. The van der Waals surface area contributed by atoms with Crippen molar-refractivity contribution in [2.24, 2.45) is 0 Å². The Morgan fingerprint density at radius 3 is 2.47 bits per heavy atom. The first-order chi connectivity index (χ1) is 9.12. The number of ether oxygens (including phenoxy) is 1. The lowest BCUT2D eigenvalue weighted by molar-refractivity contribution is 0.0925. The van der Waals surface area contributed by atoms with Crippen molar-refractivity contribution in [1.29, 1.82) is 0 Å². The number of aryl methyl sites for hydroxylation is 1. The predicted molar refractivity (Wildman–Crippen MR) is 76.6 cm³/mol. The molecule has 0 saturated heterocycles. The van der Waals surface area contributed by atoms with Crippen LogP contribution < -0.4 is 4.74 Å². The molecule has 1 aromatic rings. The fourth-order valence-corrected chi connectivity index (χ4v) is 2.01. The largest absolute Gasteiger partial charge is 0.494 e. The van der Waals surface area contributed by atoms with Gasteiger partial charge in [0.15, 0.2) is 0 Å². The Hall–Kier alpha value is -1.10. The van der Waals surface area contributed by atoms with Crippen molar-refractivity contribution in [2.75, 3.05) is 33.4 Å². The normalized spacial score (nSPS) is 11.3.